The number of amides is 1. The van der Waals surface area contributed by atoms with Gasteiger partial charge in [-0.2, -0.15) is 5.26 Å². The first-order valence-corrected chi connectivity index (χ1v) is 13.7. The summed E-state index contributed by atoms with van der Waals surface area (Å²) in [5, 5.41) is 12.5. The molecule has 5 rings (SSSR count). The molecule has 0 aromatic heterocycles. The van der Waals surface area contributed by atoms with Crippen LogP contribution in [0.3, 0.4) is 0 Å². The standard InChI is InChI=1S/C30H39N5O/c31-21-27(33-29(36)30(32)14-2-1-3-15-30)20-23-4-8-25(9-5-23)26-10-6-24(7-11-26)22-34-16-18-35(19-17-34)28-12-13-28/h4-11,27-28H,1-3,12-20,22,32H2,(H,33,36)/t27-/m1/s1. The molecule has 3 fully saturated rings. The molecule has 190 valence electrons. The first-order valence-electron chi connectivity index (χ1n) is 13.7. The average molecular weight is 486 g/mol. The summed E-state index contributed by atoms with van der Waals surface area (Å²) in [6, 6.07) is 19.7. The minimum absolute atomic E-state index is 0.185. The highest BCUT2D eigenvalue weighted by Gasteiger charge is 2.36. The fourth-order valence-corrected chi connectivity index (χ4v) is 5.70. The molecule has 0 bridgehead atoms. The predicted octanol–water partition coefficient (Wildman–Crippen LogP) is 3.85. The van der Waals surface area contributed by atoms with Gasteiger partial charge in [0.05, 0.1) is 11.6 Å². The number of carbonyl (C=O) groups excluding carboxylic acids is 1. The largest absolute Gasteiger partial charge is 0.338 e. The number of nitrogens with zero attached hydrogens (tertiary/aromatic N) is 3. The molecular formula is C30H39N5O. The number of rotatable bonds is 8. The van der Waals surface area contributed by atoms with Crippen LogP contribution in [0.1, 0.15) is 56.1 Å². The number of nitrogens with one attached hydrogen (secondary N) is 1. The van der Waals surface area contributed by atoms with E-state index in [1.165, 1.54) is 37.1 Å². The number of hydrogen-bond donors (Lipinski definition) is 2. The average Bonchev–Trinajstić information content (AvgIpc) is 3.76. The molecule has 2 aliphatic carbocycles. The summed E-state index contributed by atoms with van der Waals surface area (Å²) in [6.45, 7) is 5.76. The number of hydrogen-bond acceptors (Lipinski definition) is 5. The number of piperazine rings is 1. The minimum atomic E-state index is -0.825. The Morgan fingerprint density at radius 2 is 1.53 bits per heavy atom. The molecule has 2 aromatic rings. The zero-order valence-corrected chi connectivity index (χ0v) is 21.3. The Kier molecular flexibility index (Phi) is 7.71. The lowest BCUT2D eigenvalue weighted by Gasteiger charge is -2.34. The van der Waals surface area contributed by atoms with Gasteiger partial charge in [0.25, 0.3) is 0 Å². The van der Waals surface area contributed by atoms with Crippen molar-refractivity contribution in [2.24, 2.45) is 5.73 Å². The van der Waals surface area contributed by atoms with Crippen molar-refractivity contribution in [2.75, 3.05) is 26.2 Å². The van der Waals surface area contributed by atoms with E-state index in [1.54, 1.807) is 0 Å². The summed E-state index contributed by atoms with van der Waals surface area (Å²) in [4.78, 5) is 17.9. The lowest BCUT2D eigenvalue weighted by Crippen LogP contribution is -2.57. The van der Waals surface area contributed by atoms with Gasteiger partial charge in [-0.15, -0.1) is 0 Å². The highest BCUT2D eigenvalue weighted by molar-refractivity contribution is 5.86. The molecule has 1 amide bonds. The Morgan fingerprint density at radius 1 is 0.944 bits per heavy atom. The van der Waals surface area contributed by atoms with Crippen LogP contribution in [0.2, 0.25) is 0 Å². The molecule has 36 heavy (non-hydrogen) atoms. The molecule has 1 heterocycles. The van der Waals surface area contributed by atoms with Crippen molar-refractivity contribution < 1.29 is 4.79 Å². The molecular weight excluding hydrogens is 446 g/mol. The van der Waals surface area contributed by atoms with Crippen LogP contribution >= 0.6 is 0 Å². The first-order chi connectivity index (χ1) is 17.5. The lowest BCUT2D eigenvalue weighted by atomic mass is 9.81. The van der Waals surface area contributed by atoms with E-state index in [-0.39, 0.29) is 5.91 Å². The Labute approximate surface area is 215 Å². The topological polar surface area (TPSA) is 85.4 Å². The van der Waals surface area contributed by atoms with Crippen molar-refractivity contribution in [3.8, 4) is 17.2 Å². The molecule has 2 saturated carbocycles. The molecule has 1 saturated heterocycles. The molecule has 6 heteroatoms. The molecule has 0 radical (unpaired) electrons. The van der Waals surface area contributed by atoms with E-state index >= 15 is 0 Å². The summed E-state index contributed by atoms with van der Waals surface area (Å²) in [6.07, 6.45) is 7.73. The predicted molar refractivity (Wildman–Crippen MR) is 143 cm³/mol. The third-order valence-corrected chi connectivity index (χ3v) is 8.22. The number of carbonyl (C=O) groups is 1. The molecule has 0 unspecified atom stereocenters. The minimum Gasteiger partial charge on any atom is -0.338 e. The van der Waals surface area contributed by atoms with E-state index in [2.05, 4.69) is 69.7 Å². The van der Waals surface area contributed by atoms with Gasteiger partial charge < -0.3 is 11.1 Å². The van der Waals surface area contributed by atoms with Crippen molar-refractivity contribution in [3.63, 3.8) is 0 Å². The van der Waals surface area contributed by atoms with E-state index in [0.717, 1.165) is 56.1 Å². The highest BCUT2D eigenvalue weighted by Crippen LogP contribution is 2.28. The smallest absolute Gasteiger partial charge is 0.241 e. The summed E-state index contributed by atoms with van der Waals surface area (Å²) in [5.74, 6) is -0.185. The number of nitrogens with two attached hydrogens (primary N) is 1. The van der Waals surface area contributed by atoms with Crippen LogP contribution < -0.4 is 11.1 Å². The fraction of sp³-hybridized carbons (Fsp3) is 0.533. The third kappa shape index (κ3) is 6.15. The van der Waals surface area contributed by atoms with E-state index in [0.29, 0.717) is 19.3 Å². The van der Waals surface area contributed by atoms with Crippen LogP contribution in [0, 0.1) is 11.3 Å². The van der Waals surface area contributed by atoms with E-state index < -0.39 is 11.6 Å². The quantitative estimate of drug-likeness (QED) is 0.593. The third-order valence-electron chi connectivity index (χ3n) is 8.22. The van der Waals surface area contributed by atoms with Gasteiger partial charge in [0.2, 0.25) is 5.91 Å². The molecule has 2 aromatic carbocycles. The van der Waals surface area contributed by atoms with Gasteiger partial charge in [-0.05, 0) is 47.9 Å². The summed E-state index contributed by atoms with van der Waals surface area (Å²) >= 11 is 0. The van der Waals surface area contributed by atoms with Crippen LogP contribution in [-0.2, 0) is 17.8 Å². The van der Waals surface area contributed by atoms with Crippen molar-refractivity contribution in [1.82, 2.24) is 15.1 Å². The molecule has 3 aliphatic rings. The Morgan fingerprint density at radius 3 is 2.08 bits per heavy atom. The Bertz CT molecular complexity index is 1060. The van der Waals surface area contributed by atoms with E-state index in [4.69, 9.17) is 5.73 Å². The molecule has 1 atom stereocenters. The van der Waals surface area contributed by atoms with Crippen molar-refractivity contribution in [2.45, 2.75) is 75.5 Å². The van der Waals surface area contributed by atoms with Crippen molar-refractivity contribution in [1.29, 1.82) is 5.26 Å². The van der Waals surface area contributed by atoms with Crippen LogP contribution in [0.4, 0.5) is 0 Å². The molecule has 3 N–H and O–H groups in total. The van der Waals surface area contributed by atoms with Crippen LogP contribution in [0.25, 0.3) is 11.1 Å². The van der Waals surface area contributed by atoms with Crippen LogP contribution in [-0.4, -0.2) is 59.5 Å². The van der Waals surface area contributed by atoms with E-state index in [9.17, 15) is 10.1 Å². The SMILES string of the molecule is N#C[C@@H](Cc1ccc(-c2ccc(CN3CCN(C4CC4)CC3)cc2)cc1)NC(=O)C1(N)CCCCC1. The van der Waals surface area contributed by atoms with Gasteiger partial charge in [-0.1, -0.05) is 67.8 Å². The van der Waals surface area contributed by atoms with Gasteiger partial charge in [0, 0.05) is 45.2 Å². The second-order valence-electron chi connectivity index (χ2n) is 11.0. The maximum absolute atomic E-state index is 12.7. The van der Waals surface area contributed by atoms with Crippen LogP contribution in [0.5, 0.6) is 0 Å². The normalized spacial score (nSPS) is 21.4. The highest BCUT2D eigenvalue weighted by atomic mass is 16.2. The summed E-state index contributed by atoms with van der Waals surface area (Å²) < 4.78 is 0. The monoisotopic (exact) mass is 485 g/mol. The van der Waals surface area contributed by atoms with E-state index in [1.807, 2.05) is 0 Å². The summed E-state index contributed by atoms with van der Waals surface area (Å²) in [5.41, 5.74) is 10.3. The maximum Gasteiger partial charge on any atom is 0.241 e. The summed E-state index contributed by atoms with van der Waals surface area (Å²) in [7, 11) is 0. The van der Waals surface area contributed by atoms with Crippen molar-refractivity contribution in [3.05, 3.63) is 59.7 Å². The second kappa shape index (κ2) is 11.1. The Balaban J connectivity index is 1.13. The Hall–Kier alpha value is -2.72. The van der Waals surface area contributed by atoms with Gasteiger partial charge >= 0.3 is 0 Å². The van der Waals surface area contributed by atoms with Gasteiger partial charge in [0.15, 0.2) is 0 Å². The molecule has 6 nitrogen and oxygen atoms in total. The van der Waals surface area contributed by atoms with Gasteiger partial charge in [-0.3, -0.25) is 14.6 Å². The zero-order valence-electron chi connectivity index (χ0n) is 21.3. The number of benzene rings is 2. The second-order valence-corrected chi connectivity index (χ2v) is 11.0. The van der Waals surface area contributed by atoms with Crippen LogP contribution in [0.15, 0.2) is 48.5 Å². The van der Waals surface area contributed by atoms with Gasteiger partial charge in [0.1, 0.15) is 6.04 Å². The lowest BCUT2D eigenvalue weighted by molar-refractivity contribution is -0.127. The first kappa shape index (κ1) is 25.0. The number of nitriles is 1. The van der Waals surface area contributed by atoms with Gasteiger partial charge in [-0.25, -0.2) is 0 Å². The maximum atomic E-state index is 12.7. The molecule has 1 aliphatic heterocycles. The molecule has 0 spiro atoms. The fourth-order valence-electron chi connectivity index (χ4n) is 5.70. The zero-order chi connectivity index (χ0) is 25.0. The van der Waals surface area contributed by atoms with Crippen molar-refractivity contribution >= 4 is 5.91 Å².